The molecule has 0 amide bonds. The predicted molar refractivity (Wildman–Crippen MR) is 61.1 cm³/mol. The largest absolute Gasteiger partial charge is 0.450 e. The van der Waals surface area contributed by atoms with Gasteiger partial charge in [-0.3, -0.25) is 4.79 Å². The fourth-order valence-corrected chi connectivity index (χ4v) is 3.87. The van der Waals surface area contributed by atoms with Gasteiger partial charge in [-0.25, -0.2) is 0 Å². The molecule has 4 rings (SSSR count). The van der Waals surface area contributed by atoms with E-state index in [0.29, 0.717) is 0 Å². The van der Waals surface area contributed by atoms with E-state index >= 15 is 0 Å². The highest BCUT2D eigenvalue weighted by Gasteiger charge is 2.78. The molecule has 0 aliphatic carbocycles. The Balaban J connectivity index is 1.79. The van der Waals surface area contributed by atoms with Crippen LogP contribution in [0.2, 0.25) is 0 Å². The third-order valence-corrected chi connectivity index (χ3v) is 4.41. The Morgan fingerprint density at radius 2 is 1.84 bits per heavy atom. The van der Waals surface area contributed by atoms with Crippen LogP contribution in [0.3, 0.4) is 0 Å². The van der Waals surface area contributed by atoms with Crippen molar-refractivity contribution in [3.05, 3.63) is 0 Å². The number of carbonyl (C=O) groups excluding carboxylic acids is 1. The molecule has 4 heterocycles. The van der Waals surface area contributed by atoms with Crippen LogP contribution in [0.25, 0.3) is 0 Å². The maximum Gasteiger partial charge on any atom is 0.309 e. The van der Waals surface area contributed by atoms with Crippen molar-refractivity contribution >= 4 is 5.97 Å². The van der Waals surface area contributed by atoms with E-state index in [1.54, 1.807) is 0 Å². The summed E-state index contributed by atoms with van der Waals surface area (Å²) in [6, 6.07) is 0. The van der Waals surface area contributed by atoms with E-state index in [4.69, 9.17) is 23.7 Å². The molecule has 0 N–H and O–H groups in total. The highest BCUT2D eigenvalue weighted by molar-refractivity contribution is 5.74. The van der Waals surface area contributed by atoms with Gasteiger partial charge < -0.3 is 23.7 Å². The van der Waals surface area contributed by atoms with Crippen molar-refractivity contribution in [2.45, 2.75) is 75.7 Å². The highest BCUT2D eigenvalue weighted by Crippen LogP contribution is 2.58. The highest BCUT2D eigenvalue weighted by atomic mass is 16.9. The molecule has 0 aromatic carbocycles. The van der Waals surface area contributed by atoms with E-state index in [1.807, 2.05) is 27.7 Å². The molecule has 1 spiro atoms. The van der Waals surface area contributed by atoms with Crippen LogP contribution in [0, 0.1) is 0 Å². The molecule has 19 heavy (non-hydrogen) atoms. The van der Waals surface area contributed by atoms with Gasteiger partial charge >= 0.3 is 5.97 Å². The lowest BCUT2D eigenvalue weighted by molar-refractivity contribution is -0.232. The number of fused-ring (bicyclic) bond motifs is 1. The Morgan fingerprint density at radius 1 is 1.11 bits per heavy atom. The van der Waals surface area contributed by atoms with E-state index in [1.165, 1.54) is 0 Å². The van der Waals surface area contributed by atoms with Gasteiger partial charge in [0.1, 0.15) is 12.2 Å². The first-order valence-electron chi connectivity index (χ1n) is 6.65. The van der Waals surface area contributed by atoms with Crippen LogP contribution in [0.4, 0.5) is 0 Å². The Bertz CT molecular complexity index is 458. The van der Waals surface area contributed by atoms with Crippen LogP contribution in [0.1, 0.15) is 34.1 Å². The Hall–Kier alpha value is -0.690. The molecule has 106 valence electrons. The molecular weight excluding hydrogens is 252 g/mol. The second-order valence-electron chi connectivity index (χ2n) is 6.68. The lowest BCUT2D eigenvalue weighted by atomic mass is 9.84. The first kappa shape index (κ1) is 12.1. The van der Waals surface area contributed by atoms with Crippen molar-refractivity contribution in [2.75, 3.05) is 0 Å². The number of hydrogen-bond acceptors (Lipinski definition) is 6. The van der Waals surface area contributed by atoms with Gasteiger partial charge in [0, 0.05) is 0 Å². The van der Waals surface area contributed by atoms with Crippen LogP contribution in [-0.2, 0) is 28.5 Å². The smallest absolute Gasteiger partial charge is 0.309 e. The second kappa shape index (κ2) is 3.14. The Morgan fingerprint density at radius 3 is 2.58 bits per heavy atom. The molecule has 4 saturated heterocycles. The van der Waals surface area contributed by atoms with Gasteiger partial charge in [0.2, 0.25) is 0 Å². The van der Waals surface area contributed by atoms with Gasteiger partial charge in [-0.1, -0.05) is 0 Å². The van der Waals surface area contributed by atoms with Crippen LogP contribution >= 0.6 is 0 Å². The number of ether oxygens (including phenoxy) is 5. The average molecular weight is 270 g/mol. The van der Waals surface area contributed by atoms with Crippen molar-refractivity contribution in [2.24, 2.45) is 0 Å². The molecular formula is C13H18O6. The maximum atomic E-state index is 11.7. The van der Waals surface area contributed by atoms with E-state index in [-0.39, 0.29) is 24.6 Å². The molecule has 5 atom stereocenters. The topological polar surface area (TPSA) is 63.2 Å². The Kier molecular flexibility index (Phi) is 1.99. The van der Waals surface area contributed by atoms with Gasteiger partial charge in [-0.15, -0.1) is 0 Å². The minimum atomic E-state index is -0.862. The van der Waals surface area contributed by atoms with Crippen molar-refractivity contribution in [1.82, 2.24) is 0 Å². The zero-order valence-corrected chi connectivity index (χ0v) is 11.5. The van der Waals surface area contributed by atoms with Crippen LogP contribution in [0.5, 0.6) is 0 Å². The maximum absolute atomic E-state index is 11.7. The molecule has 4 aliphatic heterocycles. The third-order valence-electron chi connectivity index (χ3n) is 4.41. The lowest BCUT2D eigenvalue weighted by Gasteiger charge is -2.32. The van der Waals surface area contributed by atoms with E-state index < -0.39 is 29.4 Å². The molecule has 0 bridgehead atoms. The SMILES string of the molecule is CC1(C)O[C@H]2O[C@@H]3C(C)(C)O[C@H]4CC(=O)O[C@]43[C@H]2O1. The minimum absolute atomic E-state index is 0.246. The molecule has 0 aromatic rings. The lowest BCUT2D eigenvalue weighted by Crippen LogP contribution is -2.54. The minimum Gasteiger partial charge on any atom is -0.450 e. The summed E-state index contributed by atoms with van der Waals surface area (Å²) < 4.78 is 29.3. The van der Waals surface area contributed by atoms with Gasteiger partial charge in [0.15, 0.2) is 23.8 Å². The van der Waals surface area contributed by atoms with Crippen molar-refractivity contribution < 1.29 is 28.5 Å². The van der Waals surface area contributed by atoms with Crippen LogP contribution < -0.4 is 0 Å². The fraction of sp³-hybridized carbons (Fsp3) is 0.923. The number of hydrogen-bond donors (Lipinski definition) is 0. The summed E-state index contributed by atoms with van der Waals surface area (Å²) in [5.74, 6) is -0.996. The Labute approximate surface area is 111 Å². The molecule has 0 radical (unpaired) electrons. The van der Waals surface area contributed by atoms with Crippen molar-refractivity contribution in [3.8, 4) is 0 Å². The summed E-state index contributed by atoms with van der Waals surface area (Å²) in [6.07, 6.45) is -1.37. The van der Waals surface area contributed by atoms with E-state index in [2.05, 4.69) is 0 Å². The van der Waals surface area contributed by atoms with Gasteiger partial charge in [-0.05, 0) is 27.7 Å². The van der Waals surface area contributed by atoms with Gasteiger partial charge in [-0.2, -0.15) is 0 Å². The molecule has 0 unspecified atom stereocenters. The van der Waals surface area contributed by atoms with E-state index in [9.17, 15) is 4.79 Å². The summed E-state index contributed by atoms with van der Waals surface area (Å²) in [5.41, 5.74) is -1.38. The van der Waals surface area contributed by atoms with Crippen molar-refractivity contribution in [3.63, 3.8) is 0 Å². The summed E-state index contributed by atoms with van der Waals surface area (Å²) in [5, 5.41) is 0. The van der Waals surface area contributed by atoms with Crippen molar-refractivity contribution in [1.29, 1.82) is 0 Å². The van der Waals surface area contributed by atoms with Crippen LogP contribution in [-0.4, -0.2) is 47.6 Å². The number of esters is 1. The fourth-order valence-electron chi connectivity index (χ4n) is 3.87. The first-order valence-corrected chi connectivity index (χ1v) is 6.65. The molecule has 4 fully saturated rings. The molecule has 0 saturated carbocycles. The quantitative estimate of drug-likeness (QED) is 0.605. The van der Waals surface area contributed by atoms with Gasteiger partial charge in [0.05, 0.1) is 12.0 Å². The predicted octanol–water partition coefficient (Wildman–Crippen LogP) is 0.726. The van der Waals surface area contributed by atoms with E-state index in [0.717, 1.165) is 0 Å². The van der Waals surface area contributed by atoms with Gasteiger partial charge in [0.25, 0.3) is 0 Å². The summed E-state index contributed by atoms with van der Waals surface area (Å²) in [7, 11) is 0. The monoisotopic (exact) mass is 270 g/mol. The number of carbonyl (C=O) groups is 1. The summed E-state index contributed by atoms with van der Waals surface area (Å²) in [4.78, 5) is 11.7. The van der Waals surface area contributed by atoms with Crippen LogP contribution in [0.15, 0.2) is 0 Å². The standard InChI is InChI=1S/C13H18O6/c1-11(2)10-13(6(16-11)5-7(14)17-13)8-9(15-10)19-12(3,4)18-8/h6,8-10H,5H2,1-4H3/t6-,8-,9+,10+,13-/m0/s1. The molecule has 6 heteroatoms. The normalized spacial score (nSPS) is 52.7. The summed E-state index contributed by atoms with van der Waals surface area (Å²) >= 11 is 0. The first-order chi connectivity index (χ1) is 8.75. The third kappa shape index (κ3) is 1.33. The molecule has 4 aliphatic rings. The second-order valence-corrected chi connectivity index (χ2v) is 6.68. The summed E-state index contributed by atoms with van der Waals surface area (Å²) in [6.45, 7) is 7.54. The number of rotatable bonds is 0. The molecule has 0 aromatic heterocycles. The molecule has 6 nitrogen and oxygen atoms in total. The zero-order chi connectivity index (χ0) is 13.6. The average Bonchev–Trinajstić information content (AvgIpc) is 2.84. The zero-order valence-electron chi connectivity index (χ0n) is 11.5.